The first-order valence-electron chi connectivity index (χ1n) is 12.0. The van der Waals surface area contributed by atoms with Gasteiger partial charge in [-0.3, -0.25) is 9.59 Å². The first kappa shape index (κ1) is 27.7. The Morgan fingerprint density at radius 2 is 1.31 bits per heavy atom. The number of carbonyl (C=O) groups excluding carboxylic acids is 2. The van der Waals surface area contributed by atoms with E-state index in [1.165, 1.54) is 32.8 Å². The number of methoxy groups -OCH3 is 1. The zero-order valence-electron chi connectivity index (χ0n) is 19.4. The van der Waals surface area contributed by atoms with Crippen LogP contribution in [0.3, 0.4) is 0 Å². The van der Waals surface area contributed by atoms with Crippen LogP contribution in [0.15, 0.2) is 12.2 Å². The van der Waals surface area contributed by atoms with Crippen LogP contribution in [0.25, 0.3) is 0 Å². The van der Waals surface area contributed by atoms with E-state index in [9.17, 15) is 9.59 Å². The SMILES string of the molecule is CC/C=C/CCCCCCCC(=O)OC(CCC)CCCCCCCC(=O)OC. The van der Waals surface area contributed by atoms with Gasteiger partial charge in [-0.05, 0) is 51.4 Å². The maximum Gasteiger partial charge on any atom is 0.306 e. The van der Waals surface area contributed by atoms with Crippen LogP contribution in [-0.4, -0.2) is 25.2 Å². The van der Waals surface area contributed by atoms with E-state index in [0.717, 1.165) is 70.6 Å². The van der Waals surface area contributed by atoms with Crippen molar-refractivity contribution < 1.29 is 19.1 Å². The molecule has 1 unspecified atom stereocenters. The van der Waals surface area contributed by atoms with Gasteiger partial charge < -0.3 is 9.47 Å². The molecule has 0 saturated carbocycles. The van der Waals surface area contributed by atoms with E-state index in [1.807, 2.05) is 0 Å². The molecule has 4 heteroatoms. The van der Waals surface area contributed by atoms with E-state index in [0.29, 0.717) is 12.8 Å². The highest BCUT2D eigenvalue weighted by molar-refractivity contribution is 5.69. The monoisotopic (exact) mass is 410 g/mol. The van der Waals surface area contributed by atoms with Crippen LogP contribution in [-0.2, 0) is 19.1 Å². The Kier molecular flexibility index (Phi) is 20.4. The zero-order valence-corrected chi connectivity index (χ0v) is 19.4. The Morgan fingerprint density at radius 3 is 1.93 bits per heavy atom. The van der Waals surface area contributed by atoms with Gasteiger partial charge in [0.05, 0.1) is 7.11 Å². The summed E-state index contributed by atoms with van der Waals surface area (Å²) in [5.41, 5.74) is 0. The lowest BCUT2D eigenvalue weighted by Crippen LogP contribution is -2.18. The molecular formula is C25H46O4. The molecule has 1 atom stereocenters. The molecule has 0 amide bonds. The molecule has 0 aromatic carbocycles. The number of hydrogen-bond acceptors (Lipinski definition) is 4. The van der Waals surface area contributed by atoms with Gasteiger partial charge in [0.2, 0.25) is 0 Å². The second-order valence-corrected chi connectivity index (χ2v) is 7.97. The number of esters is 2. The summed E-state index contributed by atoms with van der Waals surface area (Å²) in [5, 5.41) is 0. The molecule has 0 bridgehead atoms. The predicted octanol–water partition coefficient (Wildman–Crippen LogP) is 7.30. The maximum atomic E-state index is 12.1. The Balaban J connectivity index is 3.70. The fourth-order valence-corrected chi connectivity index (χ4v) is 3.45. The van der Waals surface area contributed by atoms with E-state index in [4.69, 9.17) is 4.74 Å². The minimum atomic E-state index is -0.121. The van der Waals surface area contributed by atoms with Gasteiger partial charge in [-0.25, -0.2) is 0 Å². The maximum absolute atomic E-state index is 12.1. The van der Waals surface area contributed by atoms with Gasteiger partial charge in [0.1, 0.15) is 6.10 Å². The molecule has 4 nitrogen and oxygen atoms in total. The Labute approximate surface area is 179 Å². The largest absolute Gasteiger partial charge is 0.469 e. The van der Waals surface area contributed by atoms with E-state index in [1.54, 1.807) is 0 Å². The smallest absolute Gasteiger partial charge is 0.306 e. The molecule has 0 heterocycles. The van der Waals surface area contributed by atoms with E-state index < -0.39 is 0 Å². The van der Waals surface area contributed by atoms with Crippen LogP contribution >= 0.6 is 0 Å². The number of hydrogen-bond donors (Lipinski definition) is 0. The average Bonchev–Trinajstić information content (AvgIpc) is 2.71. The first-order chi connectivity index (χ1) is 14.1. The van der Waals surface area contributed by atoms with Crippen molar-refractivity contribution in [3.63, 3.8) is 0 Å². The third-order valence-corrected chi connectivity index (χ3v) is 5.20. The Bertz CT molecular complexity index is 417. The molecule has 0 aromatic heterocycles. The summed E-state index contributed by atoms with van der Waals surface area (Å²) >= 11 is 0. The lowest BCUT2D eigenvalue weighted by molar-refractivity contribution is -0.150. The fourth-order valence-electron chi connectivity index (χ4n) is 3.45. The topological polar surface area (TPSA) is 52.6 Å². The number of unbranched alkanes of at least 4 members (excludes halogenated alkanes) is 9. The summed E-state index contributed by atoms with van der Waals surface area (Å²) in [6, 6.07) is 0. The molecule has 0 radical (unpaired) electrons. The first-order valence-corrected chi connectivity index (χ1v) is 12.0. The average molecular weight is 411 g/mol. The van der Waals surface area contributed by atoms with Gasteiger partial charge >= 0.3 is 11.9 Å². The third kappa shape index (κ3) is 19.8. The summed E-state index contributed by atoms with van der Waals surface area (Å²) < 4.78 is 10.4. The van der Waals surface area contributed by atoms with Gasteiger partial charge in [0.25, 0.3) is 0 Å². The highest BCUT2D eigenvalue weighted by Crippen LogP contribution is 2.16. The summed E-state index contributed by atoms with van der Waals surface area (Å²) in [7, 11) is 1.44. The molecule has 0 aliphatic carbocycles. The fraction of sp³-hybridized carbons (Fsp3) is 0.840. The van der Waals surface area contributed by atoms with E-state index in [2.05, 4.69) is 30.7 Å². The van der Waals surface area contributed by atoms with Crippen LogP contribution in [0, 0.1) is 0 Å². The lowest BCUT2D eigenvalue weighted by atomic mass is 10.0. The predicted molar refractivity (Wildman–Crippen MR) is 121 cm³/mol. The van der Waals surface area contributed by atoms with E-state index >= 15 is 0 Å². The summed E-state index contributed by atoms with van der Waals surface area (Å²) in [5.74, 6) is -0.142. The highest BCUT2D eigenvalue weighted by atomic mass is 16.5. The number of allylic oxidation sites excluding steroid dienone is 2. The van der Waals surface area contributed by atoms with Crippen molar-refractivity contribution in [2.45, 2.75) is 129 Å². The molecule has 0 rings (SSSR count). The van der Waals surface area contributed by atoms with Gasteiger partial charge in [-0.1, -0.05) is 70.9 Å². The van der Waals surface area contributed by atoms with Crippen LogP contribution < -0.4 is 0 Å². The number of ether oxygens (including phenoxy) is 2. The third-order valence-electron chi connectivity index (χ3n) is 5.20. The molecule has 0 N–H and O–H groups in total. The molecule has 0 aliphatic heterocycles. The van der Waals surface area contributed by atoms with Gasteiger partial charge in [0.15, 0.2) is 0 Å². The molecule has 0 saturated heterocycles. The molecule has 0 fully saturated rings. The highest BCUT2D eigenvalue weighted by Gasteiger charge is 2.13. The number of rotatable bonds is 20. The van der Waals surface area contributed by atoms with Crippen molar-refractivity contribution in [1.82, 2.24) is 0 Å². The Hall–Kier alpha value is -1.32. The normalized spacial score (nSPS) is 12.2. The van der Waals surface area contributed by atoms with Crippen LogP contribution in [0.2, 0.25) is 0 Å². The molecule has 29 heavy (non-hydrogen) atoms. The summed E-state index contributed by atoms with van der Waals surface area (Å²) in [6.07, 6.45) is 22.0. The Morgan fingerprint density at radius 1 is 0.724 bits per heavy atom. The van der Waals surface area contributed by atoms with Crippen LogP contribution in [0.4, 0.5) is 0 Å². The van der Waals surface area contributed by atoms with Crippen LogP contribution in [0.1, 0.15) is 123 Å². The number of carbonyl (C=O) groups is 2. The van der Waals surface area contributed by atoms with Crippen molar-refractivity contribution in [3.05, 3.63) is 12.2 Å². The molecule has 0 spiro atoms. The van der Waals surface area contributed by atoms with Crippen molar-refractivity contribution in [2.75, 3.05) is 7.11 Å². The van der Waals surface area contributed by atoms with Gasteiger partial charge in [0, 0.05) is 12.8 Å². The minimum Gasteiger partial charge on any atom is -0.469 e. The van der Waals surface area contributed by atoms with Crippen molar-refractivity contribution in [3.8, 4) is 0 Å². The van der Waals surface area contributed by atoms with E-state index in [-0.39, 0.29) is 18.0 Å². The summed E-state index contributed by atoms with van der Waals surface area (Å²) in [4.78, 5) is 23.2. The minimum absolute atomic E-state index is 0.0209. The van der Waals surface area contributed by atoms with Crippen LogP contribution in [0.5, 0.6) is 0 Å². The van der Waals surface area contributed by atoms with Gasteiger partial charge in [-0.15, -0.1) is 0 Å². The molecule has 0 aliphatic rings. The quantitative estimate of drug-likeness (QED) is 0.120. The second-order valence-electron chi connectivity index (χ2n) is 7.97. The van der Waals surface area contributed by atoms with Crippen molar-refractivity contribution >= 4 is 11.9 Å². The zero-order chi connectivity index (χ0) is 21.6. The molecule has 0 aromatic rings. The van der Waals surface area contributed by atoms with Crippen molar-refractivity contribution in [1.29, 1.82) is 0 Å². The van der Waals surface area contributed by atoms with Gasteiger partial charge in [-0.2, -0.15) is 0 Å². The molecule has 170 valence electrons. The summed E-state index contributed by atoms with van der Waals surface area (Å²) in [6.45, 7) is 4.31. The lowest BCUT2D eigenvalue weighted by Gasteiger charge is -2.17. The standard InChI is InChI=1S/C25H46O4/c1-4-6-7-8-9-10-11-14-18-22-25(27)29-23(19-5-2)20-16-13-12-15-17-21-24(26)28-3/h6-7,23H,4-5,8-22H2,1-3H3/b7-6+. The second kappa shape index (κ2) is 21.4. The van der Waals surface area contributed by atoms with Crippen molar-refractivity contribution in [2.24, 2.45) is 0 Å². The molecular weight excluding hydrogens is 364 g/mol.